The number of benzene rings is 2. The Balaban J connectivity index is 2.52. The van der Waals surface area contributed by atoms with E-state index in [9.17, 15) is 0 Å². The van der Waals surface area contributed by atoms with Crippen LogP contribution in [0.3, 0.4) is 0 Å². The second-order valence-electron chi connectivity index (χ2n) is 3.41. The Morgan fingerprint density at radius 3 is 1.41 bits per heavy atom. The van der Waals surface area contributed by atoms with E-state index in [4.69, 9.17) is 19.4 Å². The van der Waals surface area contributed by atoms with Crippen molar-refractivity contribution in [2.75, 3.05) is 0 Å². The van der Waals surface area contributed by atoms with Gasteiger partial charge in [-0.05, 0) is 0 Å². The zero-order valence-electron chi connectivity index (χ0n) is 9.04. The average molecular weight is 371 g/mol. The Morgan fingerprint density at radius 2 is 1.12 bits per heavy atom. The van der Waals surface area contributed by atoms with Crippen LogP contribution in [-0.4, -0.2) is 5.11 Å². The van der Waals surface area contributed by atoms with Crippen LogP contribution in [0.4, 0.5) is 0 Å². The summed E-state index contributed by atoms with van der Waals surface area (Å²) < 4.78 is 0. The van der Waals surface area contributed by atoms with Crippen LogP contribution in [0.5, 0.6) is 0 Å². The van der Waals surface area contributed by atoms with E-state index in [1.54, 1.807) is 0 Å². The minimum absolute atomic E-state index is 0.702. The van der Waals surface area contributed by atoms with Gasteiger partial charge in [-0.15, -0.1) is 0 Å². The van der Waals surface area contributed by atoms with E-state index in [1.165, 1.54) is 10.6 Å². The topological polar surface area (TPSA) is 0 Å². The van der Waals surface area contributed by atoms with Gasteiger partial charge >= 0.3 is 114 Å². The van der Waals surface area contributed by atoms with Gasteiger partial charge in [-0.1, -0.05) is 0 Å². The molecule has 0 unspecified atom stereocenters. The standard InChI is InChI=1S/C12H10P.CH2.2ClH.Ru/c1-3-7-11(8-4-1)13-12-9-5-2-6-10-12;;;;/h1-10H;1H2;2*1H;/q-1;;;;+3/p-2. The monoisotopic (exact) mass is 371 g/mol. The van der Waals surface area contributed by atoms with Crippen molar-refractivity contribution in [1.82, 2.24) is 0 Å². The first-order valence-corrected chi connectivity index (χ1v) is 14.2. The van der Waals surface area contributed by atoms with E-state index >= 15 is 0 Å². The molecule has 0 aliphatic carbocycles. The van der Waals surface area contributed by atoms with Gasteiger partial charge in [0.1, 0.15) is 0 Å². The van der Waals surface area contributed by atoms with Crippen LogP contribution in [0.1, 0.15) is 0 Å². The first-order valence-electron chi connectivity index (χ1n) is 4.94. The summed E-state index contributed by atoms with van der Waals surface area (Å²) in [5.41, 5.74) is 0. The molecule has 0 aliphatic rings. The molecule has 0 bridgehead atoms. The quantitative estimate of drug-likeness (QED) is 0.567. The Labute approximate surface area is 113 Å². The Bertz CT molecular complexity index is 482. The molecule has 0 atom stereocenters. The fraction of sp³-hybridized carbons (Fsp3) is 0. The molecule has 0 amide bonds. The van der Waals surface area contributed by atoms with Crippen molar-refractivity contribution in [3.63, 3.8) is 0 Å². The second-order valence-corrected chi connectivity index (χ2v) is 21.2. The van der Waals surface area contributed by atoms with Gasteiger partial charge in [-0.2, -0.15) is 0 Å². The molecule has 0 fully saturated rings. The van der Waals surface area contributed by atoms with Crippen molar-refractivity contribution >= 4 is 41.4 Å². The van der Waals surface area contributed by atoms with Crippen molar-refractivity contribution in [3.8, 4) is 0 Å². The molecule has 0 saturated carbocycles. The molecule has 4 heteroatoms. The fourth-order valence-corrected chi connectivity index (χ4v) is 13.6. The SMILES string of the molecule is [CH2]=[Ru]([Cl])([Cl])[P](c1ccccc1)c1ccccc1. The van der Waals surface area contributed by atoms with E-state index in [2.05, 4.69) is 29.4 Å². The predicted molar refractivity (Wildman–Crippen MR) is 77.9 cm³/mol. The van der Waals surface area contributed by atoms with E-state index in [0.29, 0.717) is 0 Å². The molecule has 0 spiro atoms. The van der Waals surface area contributed by atoms with E-state index in [0.717, 1.165) is 0 Å². The molecule has 0 nitrogen and oxygen atoms in total. The summed E-state index contributed by atoms with van der Waals surface area (Å²) in [6.45, 7) is 0. The maximum absolute atomic E-state index is 6.42. The summed E-state index contributed by atoms with van der Waals surface area (Å²) in [5.74, 6) is 0. The molecule has 17 heavy (non-hydrogen) atoms. The van der Waals surface area contributed by atoms with Crippen LogP contribution in [0.15, 0.2) is 60.7 Å². The molecule has 2 aromatic carbocycles. The Hall–Kier alpha value is -0.0566. The summed E-state index contributed by atoms with van der Waals surface area (Å²) in [6, 6.07) is 20.4. The van der Waals surface area contributed by atoms with Crippen LogP contribution in [0, 0.1) is 0 Å². The third kappa shape index (κ3) is 3.46. The molecule has 0 saturated heterocycles. The Morgan fingerprint density at radius 1 is 0.765 bits per heavy atom. The first kappa shape index (κ1) is 13.4. The number of halogens is 2. The van der Waals surface area contributed by atoms with Gasteiger partial charge in [-0.3, -0.25) is 0 Å². The first-order chi connectivity index (χ1) is 8.09. The molecule has 0 radical (unpaired) electrons. The second kappa shape index (κ2) is 5.72. The predicted octanol–water partition coefficient (Wildman–Crippen LogP) is 3.93. The molecule has 91 valence electrons. The van der Waals surface area contributed by atoms with E-state index in [-0.39, 0.29) is 0 Å². The van der Waals surface area contributed by atoms with Crippen molar-refractivity contribution in [2.45, 2.75) is 0 Å². The molecule has 0 aliphatic heterocycles. The third-order valence-electron chi connectivity index (χ3n) is 2.18. The van der Waals surface area contributed by atoms with E-state index < -0.39 is 18.1 Å². The van der Waals surface area contributed by atoms with Crippen LogP contribution < -0.4 is 10.6 Å². The summed E-state index contributed by atoms with van der Waals surface area (Å²) in [5, 5.41) is 6.47. The molecule has 0 aromatic heterocycles. The molecule has 0 heterocycles. The van der Waals surface area contributed by atoms with Crippen molar-refractivity contribution < 1.29 is 11.9 Å². The van der Waals surface area contributed by atoms with Crippen LogP contribution in [-0.2, 0) is 11.9 Å². The van der Waals surface area contributed by atoms with Crippen molar-refractivity contribution in [1.29, 1.82) is 0 Å². The molecular weight excluding hydrogens is 359 g/mol. The van der Waals surface area contributed by atoms with Crippen molar-refractivity contribution in [3.05, 3.63) is 60.7 Å². The van der Waals surface area contributed by atoms with Gasteiger partial charge in [0.15, 0.2) is 0 Å². The zero-order valence-corrected chi connectivity index (χ0v) is 13.2. The molecule has 0 N–H and O–H groups in total. The Kier molecular flexibility index (Phi) is 4.50. The number of hydrogen-bond donors (Lipinski definition) is 0. The van der Waals surface area contributed by atoms with Crippen LogP contribution >= 0.6 is 25.6 Å². The average Bonchev–Trinajstić information content (AvgIpc) is 2.30. The number of rotatable bonds is 3. The molecular formula is C13H12Cl2PRu. The van der Waals surface area contributed by atoms with Gasteiger partial charge in [0.2, 0.25) is 0 Å². The summed E-state index contributed by atoms with van der Waals surface area (Å²) in [4.78, 5) is 0. The van der Waals surface area contributed by atoms with Crippen LogP contribution in [0.25, 0.3) is 0 Å². The fourth-order valence-electron chi connectivity index (χ4n) is 1.53. The summed E-state index contributed by atoms with van der Waals surface area (Å²) >= 11 is -2.84. The number of hydrogen-bond acceptors (Lipinski definition) is 0. The zero-order chi connectivity index (χ0) is 12.3. The van der Waals surface area contributed by atoms with Gasteiger partial charge in [0, 0.05) is 0 Å². The van der Waals surface area contributed by atoms with Gasteiger partial charge in [-0.25, -0.2) is 0 Å². The van der Waals surface area contributed by atoms with Gasteiger partial charge < -0.3 is 0 Å². The molecule has 2 aromatic rings. The van der Waals surface area contributed by atoms with Gasteiger partial charge in [0.05, 0.1) is 0 Å². The van der Waals surface area contributed by atoms with Gasteiger partial charge in [0.25, 0.3) is 0 Å². The normalized spacial score (nSPS) is 12.6. The summed E-state index contributed by atoms with van der Waals surface area (Å²) in [7, 11) is 12.8. The van der Waals surface area contributed by atoms with E-state index in [1.807, 2.05) is 36.4 Å². The van der Waals surface area contributed by atoms with Crippen LogP contribution in [0.2, 0.25) is 0 Å². The third-order valence-corrected chi connectivity index (χ3v) is 14.5. The van der Waals surface area contributed by atoms with Crippen molar-refractivity contribution in [2.24, 2.45) is 0 Å². The maximum atomic E-state index is 6.42. The minimum atomic E-state index is -2.84. The summed E-state index contributed by atoms with van der Waals surface area (Å²) in [6.07, 6.45) is -0.702. The molecule has 2 rings (SSSR count).